The highest BCUT2D eigenvalue weighted by molar-refractivity contribution is 7.85. The summed E-state index contributed by atoms with van der Waals surface area (Å²) in [6.45, 7) is 1.67. The van der Waals surface area contributed by atoms with Gasteiger partial charge in [0.1, 0.15) is 0 Å². The molecule has 0 amide bonds. The fourth-order valence-corrected chi connectivity index (χ4v) is 2.99. The zero-order valence-electron chi connectivity index (χ0n) is 12.7. The van der Waals surface area contributed by atoms with Gasteiger partial charge in [-0.1, -0.05) is 23.7 Å². The van der Waals surface area contributed by atoms with Gasteiger partial charge in [-0.2, -0.15) is 8.42 Å². The van der Waals surface area contributed by atoms with E-state index in [4.69, 9.17) is 16.2 Å². The summed E-state index contributed by atoms with van der Waals surface area (Å²) in [5.41, 5.74) is 1.64. The van der Waals surface area contributed by atoms with Crippen LogP contribution in [0.25, 0.3) is 17.0 Å². The van der Waals surface area contributed by atoms with E-state index < -0.39 is 15.9 Å². The van der Waals surface area contributed by atoms with Gasteiger partial charge >= 0.3 is 0 Å². The van der Waals surface area contributed by atoms with Gasteiger partial charge in [-0.15, -0.1) is 0 Å². The molecule has 0 unspecified atom stereocenters. The Morgan fingerprint density at radius 3 is 2.54 bits per heavy atom. The van der Waals surface area contributed by atoms with Crippen LogP contribution in [0.15, 0.2) is 41.3 Å². The van der Waals surface area contributed by atoms with Gasteiger partial charge in [0.05, 0.1) is 11.4 Å². The van der Waals surface area contributed by atoms with E-state index in [0.29, 0.717) is 22.2 Å². The second-order valence-corrected chi connectivity index (χ2v) is 7.37. The molecular formula is C15H14ClN3O4S. The number of aryl methyl sites for hydroxylation is 2. The van der Waals surface area contributed by atoms with Crippen molar-refractivity contribution >= 4 is 27.5 Å². The van der Waals surface area contributed by atoms with Gasteiger partial charge in [-0.05, 0) is 19.1 Å². The second kappa shape index (κ2) is 6.04. The zero-order chi connectivity index (χ0) is 17.5. The molecule has 0 saturated heterocycles. The maximum Gasteiger partial charge on any atom is 0.266 e. The zero-order valence-corrected chi connectivity index (χ0v) is 14.3. The van der Waals surface area contributed by atoms with Gasteiger partial charge in [0, 0.05) is 35.1 Å². The molecule has 1 aromatic carbocycles. The van der Waals surface area contributed by atoms with Gasteiger partial charge < -0.3 is 4.57 Å². The predicted octanol–water partition coefficient (Wildman–Crippen LogP) is 2.01. The first-order valence-corrected chi connectivity index (χ1v) is 9.04. The van der Waals surface area contributed by atoms with Crippen molar-refractivity contribution in [3.8, 4) is 11.3 Å². The van der Waals surface area contributed by atoms with Crippen molar-refractivity contribution in [1.82, 2.24) is 14.0 Å². The van der Waals surface area contributed by atoms with Crippen molar-refractivity contribution in [3.05, 3.63) is 57.6 Å². The molecule has 0 bridgehead atoms. The lowest BCUT2D eigenvalue weighted by atomic mass is 10.2. The highest BCUT2D eigenvalue weighted by atomic mass is 35.5. The molecule has 24 heavy (non-hydrogen) atoms. The first-order chi connectivity index (χ1) is 11.2. The van der Waals surface area contributed by atoms with Crippen molar-refractivity contribution in [2.45, 2.75) is 13.5 Å². The van der Waals surface area contributed by atoms with Crippen LogP contribution in [0.5, 0.6) is 0 Å². The van der Waals surface area contributed by atoms with Crippen LogP contribution in [0.2, 0.25) is 5.02 Å². The average Bonchev–Trinajstić information content (AvgIpc) is 2.92. The molecule has 0 aliphatic carbocycles. The first kappa shape index (κ1) is 16.7. The minimum absolute atomic E-state index is 0.00841. The summed E-state index contributed by atoms with van der Waals surface area (Å²) in [7, 11) is -4.12. The number of hydrogen-bond donors (Lipinski definition) is 1. The second-order valence-electron chi connectivity index (χ2n) is 5.36. The van der Waals surface area contributed by atoms with Crippen molar-refractivity contribution in [3.63, 3.8) is 0 Å². The summed E-state index contributed by atoms with van der Waals surface area (Å²) in [6.07, 6.45) is 1.59. The van der Waals surface area contributed by atoms with Crippen LogP contribution < -0.4 is 5.56 Å². The van der Waals surface area contributed by atoms with E-state index in [2.05, 4.69) is 4.98 Å². The predicted molar refractivity (Wildman–Crippen MR) is 91.1 cm³/mol. The fourth-order valence-electron chi connectivity index (χ4n) is 2.45. The van der Waals surface area contributed by atoms with Gasteiger partial charge in [-0.25, -0.2) is 4.98 Å². The summed E-state index contributed by atoms with van der Waals surface area (Å²) in [5, 5.41) is 0.589. The lowest BCUT2D eigenvalue weighted by Gasteiger charge is -2.10. The first-order valence-electron chi connectivity index (χ1n) is 7.05. The Kier molecular flexibility index (Phi) is 4.20. The minimum Gasteiger partial charge on any atom is -0.314 e. The molecule has 9 heteroatoms. The van der Waals surface area contributed by atoms with Crippen molar-refractivity contribution in [1.29, 1.82) is 0 Å². The molecule has 7 nitrogen and oxygen atoms in total. The third-order valence-electron chi connectivity index (χ3n) is 3.64. The quantitative estimate of drug-likeness (QED) is 0.712. The Balaban J connectivity index is 2.15. The molecule has 0 aliphatic heterocycles. The lowest BCUT2D eigenvalue weighted by Crippen LogP contribution is -2.21. The number of halogens is 1. The number of benzene rings is 1. The minimum atomic E-state index is -4.12. The number of hydrogen-bond acceptors (Lipinski definition) is 4. The molecule has 1 N–H and O–H groups in total. The molecule has 0 saturated carbocycles. The molecule has 0 radical (unpaired) electrons. The molecule has 3 rings (SSSR count). The smallest absolute Gasteiger partial charge is 0.266 e. The number of nitrogens with zero attached hydrogens (tertiary/aromatic N) is 3. The van der Waals surface area contributed by atoms with Crippen LogP contribution >= 0.6 is 11.6 Å². The summed E-state index contributed by atoms with van der Waals surface area (Å²) < 4.78 is 33.9. The highest BCUT2D eigenvalue weighted by Crippen LogP contribution is 2.21. The Morgan fingerprint density at radius 1 is 1.25 bits per heavy atom. The summed E-state index contributed by atoms with van der Waals surface area (Å²) in [5.74, 6) is -0.149. The molecule has 0 spiro atoms. The van der Waals surface area contributed by atoms with Gasteiger partial charge in [0.25, 0.3) is 15.7 Å². The van der Waals surface area contributed by atoms with E-state index in [0.717, 1.165) is 5.56 Å². The molecule has 2 heterocycles. The lowest BCUT2D eigenvalue weighted by molar-refractivity contribution is 0.478. The standard InChI is InChI=1S/C15H14ClN3O4S/c1-10-8-14(20)19-9-13(11-2-4-12(16)5-3-11)17-15(19)18(10)6-7-24(21,22)23/h2-5,8-9H,6-7H2,1H3,(H,21,22,23). The molecule has 126 valence electrons. The Bertz CT molecular complexity index is 1070. The monoisotopic (exact) mass is 367 g/mol. The molecule has 2 aromatic heterocycles. The number of aromatic nitrogens is 3. The normalized spacial score (nSPS) is 12.0. The fraction of sp³-hybridized carbons (Fsp3) is 0.200. The van der Waals surface area contributed by atoms with Crippen LogP contribution in [0, 0.1) is 6.92 Å². The van der Waals surface area contributed by atoms with Crippen LogP contribution in [-0.2, 0) is 16.7 Å². The Hall–Kier alpha value is -2.16. The van der Waals surface area contributed by atoms with E-state index in [1.807, 2.05) is 0 Å². The van der Waals surface area contributed by atoms with E-state index in [-0.39, 0.29) is 12.1 Å². The van der Waals surface area contributed by atoms with Gasteiger partial charge in [-0.3, -0.25) is 13.7 Å². The van der Waals surface area contributed by atoms with Crippen LogP contribution in [0.3, 0.4) is 0 Å². The van der Waals surface area contributed by atoms with Crippen LogP contribution in [0.4, 0.5) is 0 Å². The van der Waals surface area contributed by atoms with E-state index in [1.54, 1.807) is 42.0 Å². The van der Waals surface area contributed by atoms with Crippen LogP contribution in [0.1, 0.15) is 5.69 Å². The van der Waals surface area contributed by atoms with Crippen LogP contribution in [-0.4, -0.2) is 32.7 Å². The maximum atomic E-state index is 12.2. The van der Waals surface area contributed by atoms with E-state index in [9.17, 15) is 13.2 Å². The summed E-state index contributed by atoms with van der Waals surface area (Å²) >= 11 is 5.87. The number of fused-ring (bicyclic) bond motifs is 1. The van der Waals surface area contributed by atoms with Gasteiger partial charge in [0.15, 0.2) is 0 Å². The molecule has 0 fully saturated rings. The topological polar surface area (TPSA) is 93.7 Å². The molecule has 0 aliphatic rings. The summed E-state index contributed by atoms with van der Waals surface area (Å²) in [4.78, 5) is 16.6. The molecule has 3 aromatic rings. The Labute approximate surface area is 142 Å². The van der Waals surface area contributed by atoms with Crippen molar-refractivity contribution in [2.75, 3.05) is 5.75 Å². The Morgan fingerprint density at radius 2 is 1.92 bits per heavy atom. The number of imidazole rings is 1. The average molecular weight is 368 g/mol. The summed E-state index contributed by atoms with van der Waals surface area (Å²) in [6, 6.07) is 8.39. The molecule has 0 atom stereocenters. The van der Waals surface area contributed by atoms with E-state index in [1.165, 1.54) is 10.5 Å². The third kappa shape index (κ3) is 3.35. The number of rotatable bonds is 4. The molecular weight excluding hydrogens is 354 g/mol. The third-order valence-corrected chi connectivity index (χ3v) is 4.59. The van der Waals surface area contributed by atoms with E-state index >= 15 is 0 Å². The van der Waals surface area contributed by atoms with Crippen molar-refractivity contribution in [2.24, 2.45) is 0 Å². The van der Waals surface area contributed by atoms with Gasteiger partial charge in [0.2, 0.25) is 5.78 Å². The maximum absolute atomic E-state index is 12.2. The largest absolute Gasteiger partial charge is 0.314 e. The SMILES string of the molecule is Cc1cc(=O)n2cc(-c3ccc(Cl)cc3)nc2n1CCS(=O)(=O)O. The highest BCUT2D eigenvalue weighted by Gasteiger charge is 2.14. The van der Waals surface area contributed by atoms with Crippen molar-refractivity contribution < 1.29 is 13.0 Å².